The van der Waals surface area contributed by atoms with Crippen molar-refractivity contribution in [1.82, 2.24) is 4.90 Å². The molecule has 7 heteroatoms. The van der Waals surface area contributed by atoms with E-state index < -0.39 is 23.5 Å². The van der Waals surface area contributed by atoms with Gasteiger partial charge in [0.25, 0.3) is 0 Å². The molecule has 3 rings (SSSR count). The molecule has 7 nitrogen and oxygen atoms in total. The summed E-state index contributed by atoms with van der Waals surface area (Å²) in [6.07, 6.45) is 0.649. The Morgan fingerprint density at radius 2 is 2.08 bits per heavy atom. The van der Waals surface area contributed by atoms with Crippen LogP contribution in [0, 0.1) is 13.8 Å². The Labute approximate surface area is 143 Å². The summed E-state index contributed by atoms with van der Waals surface area (Å²) < 4.78 is 5.26. The van der Waals surface area contributed by atoms with Crippen LogP contribution in [-0.4, -0.2) is 34.5 Å². The van der Waals surface area contributed by atoms with Crippen LogP contribution >= 0.6 is 0 Å². The summed E-state index contributed by atoms with van der Waals surface area (Å²) in [5, 5.41) is 21.7. The predicted octanol–water partition coefficient (Wildman–Crippen LogP) is 0.399. The molecule has 1 aliphatic heterocycles. The van der Waals surface area contributed by atoms with Crippen molar-refractivity contribution in [1.29, 1.82) is 0 Å². The maximum atomic E-state index is 12.5. The van der Waals surface area contributed by atoms with Crippen molar-refractivity contribution < 1.29 is 24.2 Å². The molecule has 1 aromatic carbocycles. The van der Waals surface area contributed by atoms with Gasteiger partial charge < -0.3 is 24.3 Å². The lowest BCUT2D eigenvalue weighted by Crippen LogP contribution is -2.47. The molecule has 132 valence electrons. The minimum absolute atomic E-state index is 0.0290. The number of carbonyl (C=O) groups is 2. The fraction of sp³-hybridized carbons (Fsp3) is 0.389. The lowest BCUT2D eigenvalue weighted by Gasteiger charge is -2.25. The second-order valence-electron chi connectivity index (χ2n) is 6.39. The summed E-state index contributed by atoms with van der Waals surface area (Å²) >= 11 is 0. The standard InChI is InChI=1S/C18H19NO6/c1-9-6-13(20)16-10(2)11(18(24)25-14(16)7-9)8-15(21)19-5-3-4-12(19)17(22)23/h6-7,12,20H,3-5,8H2,1-2H3,(H,22,23)/p-1/t12-/m1/s1. The Morgan fingerprint density at radius 1 is 1.36 bits per heavy atom. The van der Waals surface area contributed by atoms with Crippen LogP contribution in [0.15, 0.2) is 21.3 Å². The highest BCUT2D eigenvalue weighted by molar-refractivity contribution is 5.90. The van der Waals surface area contributed by atoms with E-state index in [1.54, 1.807) is 26.0 Å². The van der Waals surface area contributed by atoms with Gasteiger partial charge in [0.1, 0.15) is 11.3 Å². The number of rotatable bonds is 3. The van der Waals surface area contributed by atoms with Gasteiger partial charge in [0.15, 0.2) is 0 Å². The molecule has 1 atom stereocenters. The smallest absolute Gasteiger partial charge is 0.340 e. The van der Waals surface area contributed by atoms with Crippen molar-refractivity contribution in [3.05, 3.63) is 39.2 Å². The highest BCUT2D eigenvalue weighted by Crippen LogP contribution is 2.30. The van der Waals surface area contributed by atoms with Gasteiger partial charge in [-0.2, -0.15) is 0 Å². The first-order valence-corrected chi connectivity index (χ1v) is 8.06. The predicted molar refractivity (Wildman–Crippen MR) is 87.1 cm³/mol. The maximum Gasteiger partial charge on any atom is 0.340 e. The van der Waals surface area contributed by atoms with E-state index in [1.165, 1.54) is 4.90 Å². The van der Waals surface area contributed by atoms with Gasteiger partial charge in [-0.25, -0.2) is 4.79 Å². The number of aryl methyl sites for hydroxylation is 2. The van der Waals surface area contributed by atoms with Crippen LogP contribution in [0.5, 0.6) is 5.75 Å². The molecular formula is C18H18NO6-. The molecular weight excluding hydrogens is 326 g/mol. The van der Waals surface area contributed by atoms with Gasteiger partial charge >= 0.3 is 5.63 Å². The summed E-state index contributed by atoms with van der Waals surface area (Å²) in [5.41, 5.74) is 0.921. The largest absolute Gasteiger partial charge is 0.548 e. The average molecular weight is 344 g/mol. The first kappa shape index (κ1) is 17.0. The quantitative estimate of drug-likeness (QED) is 0.807. The third-order valence-corrected chi connectivity index (χ3v) is 4.68. The lowest BCUT2D eigenvalue weighted by atomic mass is 10.0. The summed E-state index contributed by atoms with van der Waals surface area (Å²) in [4.78, 5) is 37.2. The molecule has 1 N–H and O–H groups in total. The number of aromatic hydroxyl groups is 1. The fourth-order valence-electron chi connectivity index (χ4n) is 3.43. The van der Waals surface area contributed by atoms with Gasteiger partial charge in [0, 0.05) is 6.54 Å². The number of fused-ring (bicyclic) bond motifs is 1. The average Bonchev–Trinajstić information content (AvgIpc) is 3.00. The zero-order valence-electron chi connectivity index (χ0n) is 14.0. The molecule has 2 aromatic rings. The van der Waals surface area contributed by atoms with Crippen LogP contribution < -0.4 is 10.7 Å². The Hall–Kier alpha value is -2.83. The van der Waals surface area contributed by atoms with E-state index in [4.69, 9.17) is 4.42 Å². The first-order chi connectivity index (χ1) is 11.8. The van der Waals surface area contributed by atoms with E-state index in [9.17, 15) is 24.6 Å². The van der Waals surface area contributed by atoms with Crippen molar-refractivity contribution in [2.24, 2.45) is 0 Å². The van der Waals surface area contributed by atoms with Gasteiger partial charge in [-0.3, -0.25) is 4.79 Å². The molecule has 1 saturated heterocycles. The van der Waals surface area contributed by atoms with E-state index in [0.29, 0.717) is 30.3 Å². The van der Waals surface area contributed by atoms with Gasteiger partial charge in [-0.15, -0.1) is 0 Å². The molecule has 1 fully saturated rings. The molecule has 0 spiro atoms. The topological polar surface area (TPSA) is 111 Å². The maximum absolute atomic E-state index is 12.5. The molecule has 0 saturated carbocycles. The number of carboxylic acid groups (broad SMARTS) is 1. The zero-order valence-corrected chi connectivity index (χ0v) is 14.0. The zero-order chi connectivity index (χ0) is 18.3. The Kier molecular flexibility index (Phi) is 4.24. The van der Waals surface area contributed by atoms with Crippen molar-refractivity contribution in [3.8, 4) is 5.75 Å². The molecule has 0 radical (unpaired) electrons. The van der Waals surface area contributed by atoms with Crippen molar-refractivity contribution >= 4 is 22.8 Å². The summed E-state index contributed by atoms with van der Waals surface area (Å²) in [6, 6.07) is 2.23. The normalized spacial score (nSPS) is 17.2. The summed E-state index contributed by atoms with van der Waals surface area (Å²) in [7, 11) is 0. The molecule has 0 bridgehead atoms. The van der Waals surface area contributed by atoms with Crippen molar-refractivity contribution in [2.75, 3.05) is 6.54 Å². The number of carboxylic acids is 1. The number of hydrogen-bond acceptors (Lipinski definition) is 6. The number of benzene rings is 1. The monoisotopic (exact) mass is 344 g/mol. The summed E-state index contributed by atoms with van der Waals surface area (Å²) in [6.45, 7) is 3.72. The number of phenols is 1. The molecule has 1 amide bonds. The Balaban J connectivity index is 2.00. The second kappa shape index (κ2) is 6.23. The third-order valence-electron chi connectivity index (χ3n) is 4.68. The third kappa shape index (κ3) is 2.97. The van der Waals surface area contributed by atoms with E-state index in [-0.39, 0.29) is 23.3 Å². The van der Waals surface area contributed by atoms with Crippen molar-refractivity contribution in [3.63, 3.8) is 0 Å². The Bertz CT molecular complexity index is 929. The van der Waals surface area contributed by atoms with Crippen LogP contribution in [0.25, 0.3) is 11.0 Å². The van der Waals surface area contributed by atoms with Crippen LogP contribution in [0.2, 0.25) is 0 Å². The van der Waals surface area contributed by atoms with Gasteiger partial charge in [0.2, 0.25) is 5.91 Å². The van der Waals surface area contributed by atoms with Crippen molar-refractivity contribution in [2.45, 2.75) is 39.2 Å². The number of aliphatic carboxylic acids is 1. The number of likely N-dealkylation sites (tertiary alicyclic amines) is 1. The van der Waals surface area contributed by atoms with E-state index in [2.05, 4.69) is 0 Å². The van der Waals surface area contributed by atoms with Crippen LogP contribution in [0.1, 0.15) is 29.5 Å². The SMILES string of the molecule is Cc1cc(O)c2c(C)c(CC(=O)N3CCC[C@@H]3C(=O)[O-])c(=O)oc2c1. The minimum atomic E-state index is -1.29. The highest BCUT2D eigenvalue weighted by Gasteiger charge is 2.30. The highest BCUT2D eigenvalue weighted by atomic mass is 16.4. The first-order valence-electron chi connectivity index (χ1n) is 8.06. The minimum Gasteiger partial charge on any atom is -0.548 e. The van der Waals surface area contributed by atoms with E-state index in [0.717, 1.165) is 5.56 Å². The molecule has 25 heavy (non-hydrogen) atoms. The Morgan fingerprint density at radius 3 is 2.76 bits per heavy atom. The molecule has 2 heterocycles. The summed E-state index contributed by atoms with van der Waals surface area (Å²) in [5.74, 6) is -1.78. The molecule has 0 unspecified atom stereocenters. The van der Waals surface area contributed by atoms with Gasteiger partial charge in [0.05, 0.1) is 29.4 Å². The molecule has 0 aliphatic carbocycles. The van der Waals surface area contributed by atoms with Gasteiger partial charge in [-0.1, -0.05) is 0 Å². The number of nitrogens with zero attached hydrogens (tertiary/aromatic N) is 1. The van der Waals surface area contributed by atoms with E-state index >= 15 is 0 Å². The van der Waals surface area contributed by atoms with Gasteiger partial charge in [-0.05, 0) is 49.9 Å². The molecule has 1 aromatic heterocycles. The fourth-order valence-corrected chi connectivity index (χ4v) is 3.43. The number of carbonyl (C=O) groups excluding carboxylic acids is 2. The number of hydrogen-bond donors (Lipinski definition) is 1. The van der Waals surface area contributed by atoms with Crippen LogP contribution in [0.4, 0.5) is 0 Å². The molecule has 1 aliphatic rings. The lowest BCUT2D eigenvalue weighted by molar-refractivity contribution is -0.310. The van der Waals surface area contributed by atoms with E-state index in [1.807, 2.05) is 0 Å². The van der Waals surface area contributed by atoms with Crippen LogP contribution in [-0.2, 0) is 16.0 Å². The van der Waals surface area contributed by atoms with Crippen LogP contribution in [0.3, 0.4) is 0 Å². The number of amides is 1. The number of phenolic OH excluding ortho intramolecular Hbond substituents is 1. The second-order valence-corrected chi connectivity index (χ2v) is 6.39.